The molecule has 1 N–H and O–H groups in total. The number of carbonyl (C=O) groups excluding carboxylic acids is 1. The van der Waals surface area contributed by atoms with E-state index in [2.05, 4.69) is 40.5 Å². The normalized spacial score (nSPS) is 20.8. The molecular formula is C21H24N2OS. The van der Waals surface area contributed by atoms with E-state index in [9.17, 15) is 4.79 Å². The highest BCUT2D eigenvalue weighted by Gasteiger charge is 2.32. The molecule has 0 atom stereocenters. The standard InChI is InChI=1S/C21H24N2OS/c24-21(22-16-9-11-23(12-10-16)17-7-8-17)19-13-15-6-5-14-3-1-2-4-18(14)20(15)25-19/h1-4,13,16-17H,5-12H2,(H,22,24). The van der Waals surface area contributed by atoms with E-state index in [0.29, 0.717) is 6.04 Å². The maximum Gasteiger partial charge on any atom is 0.261 e. The second-order valence-corrected chi connectivity index (χ2v) is 8.69. The van der Waals surface area contributed by atoms with Crippen molar-refractivity contribution in [2.45, 2.75) is 50.6 Å². The minimum Gasteiger partial charge on any atom is -0.349 e. The Morgan fingerprint density at radius 3 is 2.60 bits per heavy atom. The van der Waals surface area contributed by atoms with E-state index in [1.165, 1.54) is 34.4 Å². The maximum atomic E-state index is 12.8. The number of piperidine rings is 1. The third-order valence-corrected chi connectivity index (χ3v) is 7.10. The predicted octanol–water partition coefficient (Wildman–Crippen LogP) is 3.87. The van der Waals surface area contributed by atoms with Crippen LogP contribution in [0.3, 0.4) is 0 Å². The summed E-state index contributed by atoms with van der Waals surface area (Å²) in [6.45, 7) is 2.29. The molecule has 4 heteroatoms. The zero-order valence-electron chi connectivity index (χ0n) is 14.5. The number of benzene rings is 1. The van der Waals surface area contributed by atoms with Crippen molar-refractivity contribution in [3.63, 3.8) is 0 Å². The van der Waals surface area contributed by atoms with Gasteiger partial charge in [-0.3, -0.25) is 4.79 Å². The Morgan fingerprint density at radius 1 is 1.04 bits per heavy atom. The van der Waals surface area contributed by atoms with Gasteiger partial charge in [0.15, 0.2) is 0 Å². The van der Waals surface area contributed by atoms with Crippen LogP contribution in [0.5, 0.6) is 0 Å². The van der Waals surface area contributed by atoms with Gasteiger partial charge in [-0.2, -0.15) is 0 Å². The fourth-order valence-electron chi connectivity index (χ4n) is 4.29. The van der Waals surface area contributed by atoms with E-state index in [4.69, 9.17) is 0 Å². The molecule has 0 radical (unpaired) electrons. The molecule has 1 aliphatic heterocycles. The summed E-state index contributed by atoms with van der Waals surface area (Å²) in [4.78, 5) is 17.5. The SMILES string of the molecule is O=C(NC1CCN(C2CC2)CC1)c1cc2c(s1)-c1ccccc1CC2. The Kier molecular flexibility index (Phi) is 3.90. The number of fused-ring (bicyclic) bond motifs is 3. The van der Waals surface area contributed by atoms with Crippen LogP contribution in [0.15, 0.2) is 30.3 Å². The van der Waals surface area contributed by atoms with Gasteiger partial charge in [-0.1, -0.05) is 24.3 Å². The quantitative estimate of drug-likeness (QED) is 0.909. The summed E-state index contributed by atoms with van der Waals surface area (Å²) >= 11 is 1.67. The Morgan fingerprint density at radius 2 is 1.80 bits per heavy atom. The molecule has 2 aromatic rings. The van der Waals surface area contributed by atoms with Gasteiger partial charge in [0.1, 0.15) is 0 Å². The highest BCUT2D eigenvalue weighted by Crippen LogP contribution is 2.39. The van der Waals surface area contributed by atoms with Crippen LogP contribution >= 0.6 is 11.3 Å². The first-order valence-corrected chi connectivity index (χ1v) is 10.4. The van der Waals surface area contributed by atoms with Gasteiger partial charge >= 0.3 is 0 Å². The minimum absolute atomic E-state index is 0.127. The van der Waals surface area contributed by atoms with Crippen LogP contribution in [0, 0.1) is 0 Å². The van der Waals surface area contributed by atoms with Crippen molar-refractivity contribution in [1.29, 1.82) is 0 Å². The molecule has 0 spiro atoms. The molecule has 1 amide bonds. The third kappa shape index (κ3) is 3.02. The van der Waals surface area contributed by atoms with E-state index >= 15 is 0 Å². The molecule has 25 heavy (non-hydrogen) atoms. The molecule has 0 unspecified atom stereocenters. The highest BCUT2D eigenvalue weighted by atomic mass is 32.1. The van der Waals surface area contributed by atoms with Crippen molar-refractivity contribution < 1.29 is 4.79 Å². The van der Waals surface area contributed by atoms with E-state index in [0.717, 1.165) is 49.7 Å². The van der Waals surface area contributed by atoms with Crippen molar-refractivity contribution >= 4 is 17.2 Å². The highest BCUT2D eigenvalue weighted by molar-refractivity contribution is 7.17. The predicted molar refractivity (Wildman–Crippen MR) is 102 cm³/mol. The monoisotopic (exact) mass is 352 g/mol. The molecule has 2 heterocycles. The molecule has 3 aliphatic rings. The average molecular weight is 353 g/mol. The molecule has 1 saturated heterocycles. The van der Waals surface area contributed by atoms with Crippen molar-refractivity contribution in [2.75, 3.05) is 13.1 Å². The molecular weight excluding hydrogens is 328 g/mol. The summed E-state index contributed by atoms with van der Waals surface area (Å²) in [5, 5.41) is 3.29. The molecule has 130 valence electrons. The van der Waals surface area contributed by atoms with Gasteiger partial charge in [0.2, 0.25) is 0 Å². The van der Waals surface area contributed by atoms with Crippen LogP contribution in [0.1, 0.15) is 46.5 Å². The van der Waals surface area contributed by atoms with Crippen molar-refractivity contribution in [3.8, 4) is 10.4 Å². The van der Waals surface area contributed by atoms with Gasteiger partial charge in [0.05, 0.1) is 4.88 Å². The number of nitrogens with one attached hydrogen (secondary N) is 1. The lowest BCUT2D eigenvalue weighted by atomic mass is 9.91. The fraction of sp³-hybridized carbons (Fsp3) is 0.476. The zero-order chi connectivity index (χ0) is 16.8. The molecule has 2 fully saturated rings. The Bertz CT molecular complexity index is 800. The van der Waals surface area contributed by atoms with Crippen LogP contribution < -0.4 is 5.32 Å². The lowest BCUT2D eigenvalue weighted by molar-refractivity contribution is 0.0913. The number of hydrogen-bond donors (Lipinski definition) is 1. The summed E-state index contributed by atoms with van der Waals surface area (Å²) < 4.78 is 0. The molecule has 3 nitrogen and oxygen atoms in total. The molecule has 5 rings (SSSR count). The molecule has 2 aliphatic carbocycles. The summed E-state index contributed by atoms with van der Waals surface area (Å²) in [7, 11) is 0. The number of amides is 1. The fourth-order valence-corrected chi connectivity index (χ4v) is 5.46. The third-order valence-electron chi connectivity index (χ3n) is 5.89. The van der Waals surface area contributed by atoms with Crippen molar-refractivity contribution in [1.82, 2.24) is 10.2 Å². The first-order valence-electron chi connectivity index (χ1n) is 9.54. The Balaban J connectivity index is 1.28. The van der Waals surface area contributed by atoms with Crippen molar-refractivity contribution in [3.05, 3.63) is 46.3 Å². The second-order valence-electron chi connectivity index (χ2n) is 7.64. The zero-order valence-corrected chi connectivity index (χ0v) is 15.3. The minimum atomic E-state index is 0.127. The summed E-state index contributed by atoms with van der Waals surface area (Å²) in [6.07, 6.45) is 7.07. The average Bonchev–Trinajstić information content (AvgIpc) is 3.40. The van der Waals surface area contributed by atoms with Crippen LogP contribution in [0.2, 0.25) is 0 Å². The maximum absolute atomic E-state index is 12.8. The van der Waals surface area contributed by atoms with Gasteiger partial charge in [0, 0.05) is 30.1 Å². The van der Waals surface area contributed by atoms with Gasteiger partial charge in [0.25, 0.3) is 5.91 Å². The number of thiophene rings is 1. The largest absolute Gasteiger partial charge is 0.349 e. The number of hydrogen-bond acceptors (Lipinski definition) is 3. The number of aryl methyl sites for hydroxylation is 2. The Labute approximate surface area is 153 Å². The van der Waals surface area contributed by atoms with Gasteiger partial charge in [-0.05, 0) is 61.3 Å². The van der Waals surface area contributed by atoms with Crippen LogP contribution in [-0.2, 0) is 12.8 Å². The lowest BCUT2D eigenvalue weighted by Gasteiger charge is -2.32. The smallest absolute Gasteiger partial charge is 0.261 e. The van der Waals surface area contributed by atoms with Crippen LogP contribution in [0.4, 0.5) is 0 Å². The van der Waals surface area contributed by atoms with E-state index in [1.54, 1.807) is 11.3 Å². The number of likely N-dealkylation sites (tertiary alicyclic amines) is 1. The Hall–Kier alpha value is -1.65. The van der Waals surface area contributed by atoms with E-state index in [1.807, 2.05) is 0 Å². The van der Waals surface area contributed by atoms with E-state index < -0.39 is 0 Å². The first kappa shape index (κ1) is 15.6. The first-order chi connectivity index (χ1) is 12.3. The van der Waals surface area contributed by atoms with Gasteiger partial charge < -0.3 is 10.2 Å². The molecule has 1 saturated carbocycles. The summed E-state index contributed by atoms with van der Waals surface area (Å²) in [5.41, 5.74) is 4.08. The van der Waals surface area contributed by atoms with Gasteiger partial charge in [-0.15, -0.1) is 11.3 Å². The lowest BCUT2D eigenvalue weighted by Crippen LogP contribution is -2.45. The summed E-state index contributed by atoms with van der Waals surface area (Å²) in [6, 6.07) is 11.9. The molecule has 1 aromatic heterocycles. The molecule has 0 bridgehead atoms. The number of carbonyl (C=O) groups is 1. The summed E-state index contributed by atoms with van der Waals surface area (Å²) in [5.74, 6) is 0.127. The molecule has 1 aromatic carbocycles. The topological polar surface area (TPSA) is 32.3 Å². The van der Waals surface area contributed by atoms with Crippen molar-refractivity contribution in [2.24, 2.45) is 0 Å². The van der Waals surface area contributed by atoms with E-state index in [-0.39, 0.29) is 5.91 Å². The number of rotatable bonds is 3. The van der Waals surface area contributed by atoms with Crippen LogP contribution in [0.25, 0.3) is 10.4 Å². The van der Waals surface area contributed by atoms with Crippen LogP contribution in [-0.4, -0.2) is 36.0 Å². The van der Waals surface area contributed by atoms with Gasteiger partial charge in [-0.25, -0.2) is 0 Å². The second kappa shape index (κ2) is 6.26. The number of nitrogens with zero attached hydrogens (tertiary/aromatic N) is 1.